The first-order chi connectivity index (χ1) is 15.6. The van der Waals surface area contributed by atoms with Gasteiger partial charge in [0, 0.05) is 19.3 Å². The molecule has 2 heterocycles. The number of nitrogens with two attached hydrogens (primary N) is 2. The van der Waals surface area contributed by atoms with Gasteiger partial charge in [-0.05, 0) is 36.8 Å². The molecule has 1 saturated heterocycles. The number of amidine groups is 1. The largest absolute Gasteiger partial charge is 0.382 e. The van der Waals surface area contributed by atoms with Crippen molar-refractivity contribution in [2.24, 2.45) is 16.8 Å². The molecular formula is C21H33N7O4S. The van der Waals surface area contributed by atoms with Crippen LogP contribution in [0.2, 0.25) is 0 Å². The van der Waals surface area contributed by atoms with Gasteiger partial charge in [0.25, 0.3) is 10.2 Å². The Hall–Kier alpha value is -2.57. The van der Waals surface area contributed by atoms with Crippen LogP contribution in [0.15, 0.2) is 18.3 Å². The molecule has 1 aromatic rings. The molecule has 2 unspecified atom stereocenters. The normalized spacial score (nSPS) is 20.4. The van der Waals surface area contributed by atoms with Crippen molar-refractivity contribution in [1.29, 1.82) is 5.41 Å². The van der Waals surface area contributed by atoms with Crippen LogP contribution in [0.1, 0.15) is 62.6 Å². The lowest BCUT2D eigenvalue weighted by Crippen LogP contribution is -2.54. The van der Waals surface area contributed by atoms with E-state index in [1.807, 2.05) is 0 Å². The van der Waals surface area contributed by atoms with E-state index in [4.69, 9.17) is 16.3 Å². The third kappa shape index (κ3) is 7.21. The van der Waals surface area contributed by atoms with Crippen molar-refractivity contribution in [2.45, 2.75) is 70.0 Å². The van der Waals surface area contributed by atoms with Gasteiger partial charge in [-0.3, -0.25) is 20.0 Å². The average molecular weight is 480 g/mol. The molecule has 11 nitrogen and oxygen atoms in total. The molecule has 2 fully saturated rings. The van der Waals surface area contributed by atoms with E-state index in [-0.39, 0.29) is 24.2 Å². The Morgan fingerprint density at radius 2 is 1.91 bits per heavy atom. The topological polar surface area (TPSA) is 184 Å². The van der Waals surface area contributed by atoms with Gasteiger partial charge in [-0.2, -0.15) is 13.1 Å². The van der Waals surface area contributed by atoms with E-state index in [0.717, 1.165) is 37.7 Å². The van der Waals surface area contributed by atoms with Crippen LogP contribution in [0, 0.1) is 11.3 Å². The number of rotatable bonds is 9. The van der Waals surface area contributed by atoms with Gasteiger partial charge in [-0.25, -0.2) is 5.14 Å². The van der Waals surface area contributed by atoms with Crippen molar-refractivity contribution in [3.05, 3.63) is 29.6 Å². The van der Waals surface area contributed by atoms with Gasteiger partial charge in [0.05, 0.1) is 0 Å². The van der Waals surface area contributed by atoms with Crippen LogP contribution in [0.3, 0.4) is 0 Å². The third-order valence-corrected chi connectivity index (χ3v) is 6.92. The molecule has 0 radical (unpaired) electrons. The molecule has 1 aliphatic carbocycles. The van der Waals surface area contributed by atoms with Gasteiger partial charge >= 0.3 is 0 Å². The second kappa shape index (κ2) is 11.0. The molecule has 2 aliphatic rings. The molecule has 33 heavy (non-hydrogen) atoms. The Kier molecular flexibility index (Phi) is 8.38. The number of nitrogens with one attached hydrogen (secondary N) is 3. The molecule has 2 amide bonds. The quantitative estimate of drug-likeness (QED) is 0.247. The molecular weight excluding hydrogens is 446 g/mol. The van der Waals surface area contributed by atoms with Crippen molar-refractivity contribution >= 4 is 27.9 Å². The third-order valence-electron chi connectivity index (χ3n) is 6.30. The fraction of sp³-hybridized carbons (Fsp3) is 0.619. The minimum absolute atomic E-state index is 0.137. The Balaban J connectivity index is 1.64. The summed E-state index contributed by atoms with van der Waals surface area (Å²) in [5, 5.41) is 15.4. The molecule has 12 heteroatoms. The van der Waals surface area contributed by atoms with Gasteiger partial charge in [0.1, 0.15) is 23.6 Å². The highest BCUT2D eigenvalue weighted by Gasteiger charge is 2.38. The van der Waals surface area contributed by atoms with Crippen LogP contribution in [0.5, 0.6) is 0 Å². The van der Waals surface area contributed by atoms with Crippen molar-refractivity contribution in [3.8, 4) is 0 Å². The van der Waals surface area contributed by atoms with Crippen LogP contribution in [-0.4, -0.2) is 54.6 Å². The maximum Gasteiger partial charge on any atom is 0.275 e. The lowest BCUT2D eigenvalue weighted by atomic mass is 9.84. The fourth-order valence-electron chi connectivity index (χ4n) is 4.65. The van der Waals surface area contributed by atoms with Gasteiger partial charge in [-0.15, -0.1) is 0 Å². The molecule has 0 bridgehead atoms. The van der Waals surface area contributed by atoms with Gasteiger partial charge < -0.3 is 16.0 Å². The molecule has 182 valence electrons. The average Bonchev–Trinajstić information content (AvgIpc) is 3.26. The van der Waals surface area contributed by atoms with E-state index < -0.39 is 28.2 Å². The summed E-state index contributed by atoms with van der Waals surface area (Å²) in [5.41, 5.74) is 6.48. The summed E-state index contributed by atoms with van der Waals surface area (Å²) in [4.78, 5) is 31.7. The first-order valence-corrected chi connectivity index (χ1v) is 12.9. The molecule has 1 aliphatic heterocycles. The van der Waals surface area contributed by atoms with Crippen LogP contribution in [0.4, 0.5) is 0 Å². The Labute approximate surface area is 194 Å². The number of likely N-dealkylation sites (tertiary alicyclic amines) is 1. The summed E-state index contributed by atoms with van der Waals surface area (Å²) in [6, 6.07) is 1.68. The standard InChI is InChI=1S/C21H33N7O4S/c22-19(23)16-9-8-15(12-25-16)13-26-20(29)18-7-4-10-28(18)21(30)17(27-33(24,31)32)11-14-5-2-1-3-6-14/h8-9,12,14,17-18,27H,1-7,10-11,13H2,(H3,22,23)(H,26,29)(H2,24,31,32). The monoisotopic (exact) mass is 479 g/mol. The zero-order chi connectivity index (χ0) is 24.0. The first kappa shape index (κ1) is 25.1. The maximum atomic E-state index is 13.3. The zero-order valence-corrected chi connectivity index (χ0v) is 19.4. The Bertz CT molecular complexity index is 961. The highest BCUT2D eigenvalue weighted by atomic mass is 32.2. The summed E-state index contributed by atoms with van der Waals surface area (Å²) in [6.45, 7) is 0.600. The van der Waals surface area contributed by atoms with Crippen molar-refractivity contribution in [3.63, 3.8) is 0 Å². The molecule has 7 N–H and O–H groups in total. The number of carbonyl (C=O) groups is 2. The molecule has 1 aromatic heterocycles. The first-order valence-electron chi connectivity index (χ1n) is 11.3. The highest BCUT2D eigenvalue weighted by Crippen LogP contribution is 2.29. The van der Waals surface area contributed by atoms with Crippen LogP contribution in [0.25, 0.3) is 0 Å². The summed E-state index contributed by atoms with van der Waals surface area (Å²) < 4.78 is 25.8. The van der Waals surface area contributed by atoms with E-state index in [9.17, 15) is 18.0 Å². The van der Waals surface area contributed by atoms with Crippen LogP contribution in [-0.2, 0) is 26.3 Å². The Morgan fingerprint density at radius 1 is 1.18 bits per heavy atom. The van der Waals surface area contributed by atoms with Gasteiger partial charge in [-0.1, -0.05) is 38.2 Å². The minimum Gasteiger partial charge on any atom is -0.382 e. The SMILES string of the molecule is N=C(N)c1ccc(CNC(=O)C2CCCN2C(=O)C(CC2CCCCC2)NS(N)(=O)=O)cn1. The zero-order valence-electron chi connectivity index (χ0n) is 18.6. The van der Waals surface area contributed by atoms with E-state index >= 15 is 0 Å². The number of nitrogen functional groups attached to an aromatic ring is 1. The predicted molar refractivity (Wildman–Crippen MR) is 123 cm³/mol. The number of hydrogen-bond donors (Lipinski definition) is 5. The number of nitrogens with zero attached hydrogens (tertiary/aromatic N) is 2. The van der Waals surface area contributed by atoms with E-state index in [2.05, 4.69) is 15.0 Å². The molecule has 3 rings (SSSR count). The number of aromatic nitrogens is 1. The molecule has 0 aromatic carbocycles. The lowest BCUT2D eigenvalue weighted by Gasteiger charge is -2.31. The summed E-state index contributed by atoms with van der Waals surface area (Å²) in [7, 11) is -4.07. The predicted octanol–water partition coefficient (Wildman–Crippen LogP) is 0.105. The number of carbonyl (C=O) groups excluding carboxylic acids is 2. The summed E-state index contributed by atoms with van der Waals surface area (Å²) >= 11 is 0. The van der Waals surface area contributed by atoms with Crippen LogP contribution >= 0.6 is 0 Å². The number of amides is 2. The summed E-state index contributed by atoms with van der Waals surface area (Å²) in [5.74, 6) is -0.591. The van der Waals surface area contributed by atoms with E-state index in [1.54, 1.807) is 12.1 Å². The van der Waals surface area contributed by atoms with Crippen molar-refractivity contribution < 1.29 is 18.0 Å². The van der Waals surface area contributed by atoms with Crippen molar-refractivity contribution in [2.75, 3.05) is 6.54 Å². The number of pyridine rings is 1. The van der Waals surface area contributed by atoms with Gasteiger partial charge in [0.15, 0.2) is 0 Å². The lowest BCUT2D eigenvalue weighted by molar-refractivity contribution is -0.140. The minimum atomic E-state index is -4.07. The highest BCUT2D eigenvalue weighted by molar-refractivity contribution is 7.87. The van der Waals surface area contributed by atoms with Crippen LogP contribution < -0.4 is 20.9 Å². The molecule has 0 spiro atoms. The van der Waals surface area contributed by atoms with E-state index in [0.29, 0.717) is 31.5 Å². The smallest absolute Gasteiger partial charge is 0.275 e. The second-order valence-corrected chi connectivity index (χ2v) is 10.2. The second-order valence-electron chi connectivity index (χ2n) is 8.83. The number of hydrogen-bond acceptors (Lipinski definition) is 6. The van der Waals surface area contributed by atoms with E-state index in [1.165, 1.54) is 11.1 Å². The molecule has 1 saturated carbocycles. The molecule has 2 atom stereocenters. The Morgan fingerprint density at radius 3 is 2.52 bits per heavy atom. The van der Waals surface area contributed by atoms with Gasteiger partial charge in [0.2, 0.25) is 11.8 Å². The van der Waals surface area contributed by atoms with Crippen molar-refractivity contribution in [1.82, 2.24) is 19.9 Å². The fourth-order valence-corrected chi connectivity index (χ4v) is 5.25. The summed E-state index contributed by atoms with van der Waals surface area (Å²) in [6.07, 6.45) is 8.27. The maximum absolute atomic E-state index is 13.3.